The Kier molecular flexibility index (Phi) is 3.58. The van der Waals surface area contributed by atoms with Crippen LogP contribution in [0.15, 0.2) is 12.1 Å². The molecule has 0 saturated carbocycles. The second-order valence-electron chi connectivity index (χ2n) is 3.75. The van der Waals surface area contributed by atoms with Gasteiger partial charge >= 0.3 is 0 Å². The molecule has 0 aliphatic heterocycles. The molecule has 1 unspecified atom stereocenters. The molecule has 0 fully saturated rings. The SMILES string of the molecule is CC(C)C(C)Nc1nc(Cl)ccc1N. The molecule has 1 atom stereocenters. The molecule has 3 nitrogen and oxygen atoms in total. The number of nitrogen functional groups attached to an aromatic ring is 1. The lowest BCUT2D eigenvalue weighted by molar-refractivity contribution is 0.558. The number of nitrogens with one attached hydrogen (secondary N) is 1. The monoisotopic (exact) mass is 213 g/mol. The van der Waals surface area contributed by atoms with Crippen molar-refractivity contribution in [3.63, 3.8) is 0 Å². The number of hydrogen-bond acceptors (Lipinski definition) is 3. The van der Waals surface area contributed by atoms with E-state index in [1.165, 1.54) is 0 Å². The molecular weight excluding hydrogens is 198 g/mol. The smallest absolute Gasteiger partial charge is 0.151 e. The van der Waals surface area contributed by atoms with Gasteiger partial charge in [-0.05, 0) is 25.0 Å². The predicted molar refractivity (Wildman–Crippen MR) is 61.6 cm³/mol. The van der Waals surface area contributed by atoms with Crippen molar-refractivity contribution in [2.75, 3.05) is 11.1 Å². The van der Waals surface area contributed by atoms with E-state index in [-0.39, 0.29) is 0 Å². The van der Waals surface area contributed by atoms with Gasteiger partial charge in [-0.15, -0.1) is 0 Å². The second kappa shape index (κ2) is 4.51. The largest absolute Gasteiger partial charge is 0.396 e. The molecule has 4 heteroatoms. The molecule has 1 aromatic heterocycles. The van der Waals surface area contributed by atoms with Gasteiger partial charge in [0.05, 0.1) is 5.69 Å². The number of rotatable bonds is 3. The molecule has 1 aromatic rings. The zero-order valence-corrected chi connectivity index (χ0v) is 9.47. The molecule has 78 valence electrons. The number of pyridine rings is 1. The summed E-state index contributed by atoms with van der Waals surface area (Å²) in [4.78, 5) is 4.12. The van der Waals surface area contributed by atoms with E-state index in [0.717, 1.165) is 0 Å². The van der Waals surface area contributed by atoms with Crippen LogP contribution in [-0.2, 0) is 0 Å². The first-order valence-corrected chi connectivity index (χ1v) is 5.07. The molecule has 0 spiro atoms. The molecule has 1 heterocycles. The van der Waals surface area contributed by atoms with E-state index < -0.39 is 0 Å². The van der Waals surface area contributed by atoms with E-state index in [4.69, 9.17) is 17.3 Å². The first-order valence-electron chi connectivity index (χ1n) is 4.69. The van der Waals surface area contributed by atoms with Crippen LogP contribution in [0.4, 0.5) is 11.5 Å². The summed E-state index contributed by atoms with van der Waals surface area (Å²) in [6.45, 7) is 6.36. The molecule has 3 N–H and O–H groups in total. The van der Waals surface area contributed by atoms with Gasteiger partial charge in [0.2, 0.25) is 0 Å². The lowest BCUT2D eigenvalue weighted by Crippen LogP contribution is -2.22. The van der Waals surface area contributed by atoms with Crippen molar-refractivity contribution in [2.45, 2.75) is 26.8 Å². The average molecular weight is 214 g/mol. The van der Waals surface area contributed by atoms with Gasteiger partial charge in [0, 0.05) is 6.04 Å². The van der Waals surface area contributed by atoms with E-state index in [2.05, 4.69) is 31.1 Å². The second-order valence-corrected chi connectivity index (χ2v) is 4.14. The molecule has 0 bridgehead atoms. The van der Waals surface area contributed by atoms with Crippen LogP contribution >= 0.6 is 11.6 Å². The highest BCUT2D eigenvalue weighted by Crippen LogP contribution is 2.20. The maximum atomic E-state index is 5.77. The molecule has 0 radical (unpaired) electrons. The van der Waals surface area contributed by atoms with Crippen LogP contribution in [0.1, 0.15) is 20.8 Å². The number of hydrogen-bond donors (Lipinski definition) is 2. The van der Waals surface area contributed by atoms with Crippen molar-refractivity contribution >= 4 is 23.1 Å². The highest BCUT2D eigenvalue weighted by Gasteiger charge is 2.09. The Labute approximate surface area is 89.7 Å². The quantitative estimate of drug-likeness (QED) is 0.760. The van der Waals surface area contributed by atoms with Crippen LogP contribution in [0.25, 0.3) is 0 Å². The van der Waals surface area contributed by atoms with Crippen LogP contribution in [0, 0.1) is 5.92 Å². The first-order chi connectivity index (χ1) is 6.50. The summed E-state index contributed by atoms with van der Waals surface area (Å²) in [6, 6.07) is 3.76. The van der Waals surface area contributed by atoms with Gasteiger partial charge in [0.15, 0.2) is 5.82 Å². The summed E-state index contributed by atoms with van der Waals surface area (Å²) in [6.07, 6.45) is 0. The molecule has 0 aliphatic rings. The molecule has 0 saturated heterocycles. The number of anilines is 2. The van der Waals surface area contributed by atoms with E-state index in [1.807, 2.05) is 0 Å². The van der Waals surface area contributed by atoms with Crippen LogP contribution in [0.5, 0.6) is 0 Å². The number of aromatic nitrogens is 1. The third-order valence-electron chi connectivity index (χ3n) is 2.26. The Hall–Kier alpha value is -0.960. The maximum Gasteiger partial charge on any atom is 0.151 e. The maximum absolute atomic E-state index is 5.77. The van der Waals surface area contributed by atoms with E-state index in [1.54, 1.807) is 12.1 Å². The normalized spacial score (nSPS) is 12.9. The minimum Gasteiger partial charge on any atom is -0.396 e. The number of nitrogens with zero attached hydrogens (tertiary/aromatic N) is 1. The Bertz CT molecular complexity index is 312. The number of nitrogens with two attached hydrogens (primary N) is 1. The van der Waals surface area contributed by atoms with Crippen molar-refractivity contribution < 1.29 is 0 Å². The van der Waals surface area contributed by atoms with Gasteiger partial charge in [-0.25, -0.2) is 4.98 Å². The topological polar surface area (TPSA) is 50.9 Å². The van der Waals surface area contributed by atoms with Gasteiger partial charge in [-0.2, -0.15) is 0 Å². The summed E-state index contributed by atoms with van der Waals surface area (Å²) < 4.78 is 0. The van der Waals surface area contributed by atoms with Crippen LogP contribution in [-0.4, -0.2) is 11.0 Å². The Morgan fingerprint density at radius 3 is 2.57 bits per heavy atom. The fraction of sp³-hybridized carbons (Fsp3) is 0.500. The molecule has 14 heavy (non-hydrogen) atoms. The van der Waals surface area contributed by atoms with Crippen molar-refractivity contribution in [3.8, 4) is 0 Å². The Balaban J connectivity index is 2.80. The predicted octanol–water partition coefficient (Wildman–Crippen LogP) is 2.77. The van der Waals surface area contributed by atoms with Crippen LogP contribution < -0.4 is 11.1 Å². The van der Waals surface area contributed by atoms with E-state index in [0.29, 0.717) is 28.6 Å². The summed E-state index contributed by atoms with van der Waals surface area (Å²) in [7, 11) is 0. The molecule has 0 aromatic carbocycles. The van der Waals surface area contributed by atoms with Crippen molar-refractivity contribution in [2.24, 2.45) is 5.92 Å². The van der Waals surface area contributed by atoms with E-state index in [9.17, 15) is 0 Å². The fourth-order valence-electron chi connectivity index (χ4n) is 0.944. The summed E-state index contributed by atoms with van der Waals surface area (Å²) >= 11 is 5.77. The molecule has 1 rings (SSSR count). The van der Waals surface area contributed by atoms with Gasteiger partial charge in [-0.1, -0.05) is 25.4 Å². The third-order valence-corrected chi connectivity index (χ3v) is 2.47. The molecule has 0 amide bonds. The van der Waals surface area contributed by atoms with Gasteiger partial charge in [0.25, 0.3) is 0 Å². The Morgan fingerprint density at radius 1 is 1.36 bits per heavy atom. The molecular formula is C10H16ClN3. The lowest BCUT2D eigenvalue weighted by Gasteiger charge is -2.19. The zero-order valence-electron chi connectivity index (χ0n) is 8.71. The first kappa shape index (κ1) is 11.1. The third kappa shape index (κ3) is 2.77. The fourth-order valence-corrected chi connectivity index (χ4v) is 1.09. The minimum absolute atomic E-state index is 0.322. The summed E-state index contributed by atoms with van der Waals surface area (Å²) in [5.74, 6) is 1.19. The lowest BCUT2D eigenvalue weighted by atomic mass is 10.1. The summed E-state index contributed by atoms with van der Waals surface area (Å²) in [5.41, 5.74) is 6.38. The number of halogens is 1. The Morgan fingerprint density at radius 2 is 2.00 bits per heavy atom. The van der Waals surface area contributed by atoms with Crippen molar-refractivity contribution in [1.29, 1.82) is 0 Å². The zero-order chi connectivity index (χ0) is 10.7. The standard InChI is InChI=1S/C10H16ClN3/c1-6(2)7(3)13-10-8(12)4-5-9(11)14-10/h4-7H,12H2,1-3H3,(H,13,14). The highest BCUT2D eigenvalue weighted by molar-refractivity contribution is 6.29. The van der Waals surface area contributed by atoms with E-state index >= 15 is 0 Å². The van der Waals surface area contributed by atoms with Gasteiger partial charge in [-0.3, -0.25) is 0 Å². The van der Waals surface area contributed by atoms with Gasteiger partial charge in [0.1, 0.15) is 5.15 Å². The van der Waals surface area contributed by atoms with Crippen molar-refractivity contribution in [3.05, 3.63) is 17.3 Å². The minimum atomic E-state index is 0.322. The molecule has 0 aliphatic carbocycles. The van der Waals surface area contributed by atoms with Crippen LogP contribution in [0.3, 0.4) is 0 Å². The summed E-state index contributed by atoms with van der Waals surface area (Å²) in [5, 5.41) is 3.69. The van der Waals surface area contributed by atoms with Crippen LogP contribution in [0.2, 0.25) is 5.15 Å². The van der Waals surface area contributed by atoms with Gasteiger partial charge < -0.3 is 11.1 Å². The average Bonchev–Trinajstić information content (AvgIpc) is 2.11. The van der Waals surface area contributed by atoms with Crippen molar-refractivity contribution in [1.82, 2.24) is 4.98 Å². The highest BCUT2D eigenvalue weighted by atomic mass is 35.5.